The minimum absolute atomic E-state index is 0.449. The normalized spacial score (nSPS) is 12.9. The van der Waals surface area contributed by atoms with Gasteiger partial charge in [0.1, 0.15) is 0 Å². The standard InChI is InChI=1S/C12H20N2OS/c1-8(2)6-9(3)14(5)12-13-10(4)11(7-15)16-12/h7-9H,6H2,1-5H3. The van der Waals surface area contributed by atoms with Crippen molar-refractivity contribution in [1.29, 1.82) is 0 Å². The quantitative estimate of drug-likeness (QED) is 0.741. The highest BCUT2D eigenvalue weighted by Crippen LogP contribution is 2.26. The van der Waals surface area contributed by atoms with Crippen molar-refractivity contribution in [2.24, 2.45) is 5.92 Å². The van der Waals surface area contributed by atoms with Gasteiger partial charge in [-0.1, -0.05) is 25.2 Å². The number of hydrogen-bond donors (Lipinski definition) is 0. The topological polar surface area (TPSA) is 33.2 Å². The number of rotatable bonds is 5. The molecule has 0 radical (unpaired) electrons. The second kappa shape index (κ2) is 5.43. The first-order chi connectivity index (χ1) is 7.45. The molecule has 0 aliphatic heterocycles. The first kappa shape index (κ1) is 13.2. The van der Waals surface area contributed by atoms with Gasteiger partial charge in [0.05, 0.1) is 10.6 Å². The number of aromatic nitrogens is 1. The summed E-state index contributed by atoms with van der Waals surface area (Å²) in [5.41, 5.74) is 0.832. The van der Waals surface area contributed by atoms with Crippen LogP contribution in [0.1, 0.15) is 42.6 Å². The third kappa shape index (κ3) is 3.04. The summed E-state index contributed by atoms with van der Waals surface area (Å²) in [5.74, 6) is 0.670. The summed E-state index contributed by atoms with van der Waals surface area (Å²) in [7, 11) is 2.04. The molecule has 1 rings (SSSR count). The maximum absolute atomic E-state index is 10.8. The highest BCUT2D eigenvalue weighted by molar-refractivity contribution is 7.17. The Balaban J connectivity index is 2.79. The number of thiazole rings is 1. The minimum Gasteiger partial charge on any atom is -0.348 e. The average Bonchev–Trinajstić information content (AvgIpc) is 2.57. The number of anilines is 1. The summed E-state index contributed by atoms with van der Waals surface area (Å²) in [6.07, 6.45) is 2.02. The molecular weight excluding hydrogens is 220 g/mol. The van der Waals surface area contributed by atoms with Gasteiger partial charge in [-0.3, -0.25) is 4.79 Å². The summed E-state index contributed by atoms with van der Waals surface area (Å²) in [6.45, 7) is 8.50. The van der Waals surface area contributed by atoms with Crippen LogP contribution in [0.5, 0.6) is 0 Å². The molecule has 1 unspecified atom stereocenters. The minimum atomic E-state index is 0.449. The van der Waals surface area contributed by atoms with Crippen LogP contribution < -0.4 is 4.90 Å². The molecule has 1 aromatic rings. The molecule has 1 aromatic heterocycles. The molecule has 0 fully saturated rings. The molecule has 0 aromatic carbocycles. The number of aryl methyl sites for hydroxylation is 1. The first-order valence-corrected chi connectivity index (χ1v) is 6.42. The van der Waals surface area contributed by atoms with Gasteiger partial charge >= 0.3 is 0 Å². The maximum Gasteiger partial charge on any atom is 0.186 e. The van der Waals surface area contributed by atoms with E-state index >= 15 is 0 Å². The molecule has 3 nitrogen and oxygen atoms in total. The number of carbonyl (C=O) groups is 1. The van der Waals surface area contributed by atoms with Gasteiger partial charge in [0.2, 0.25) is 0 Å². The van der Waals surface area contributed by atoms with Crippen LogP contribution in [0, 0.1) is 12.8 Å². The number of carbonyl (C=O) groups excluding carboxylic acids is 1. The van der Waals surface area contributed by atoms with E-state index in [1.165, 1.54) is 11.3 Å². The highest BCUT2D eigenvalue weighted by atomic mass is 32.1. The van der Waals surface area contributed by atoms with E-state index in [9.17, 15) is 4.79 Å². The van der Waals surface area contributed by atoms with Crippen LogP contribution in [0.2, 0.25) is 0 Å². The third-order valence-electron chi connectivity index (χ3n) is 2.70. The Morgan fingerprint density at radius 1 is 1.44 bits per heavy atom. The summed E-state index contributed by atoms with van der Waals surface area (Å²) >= 11 is 1.47. The molecule has 0 saturated heterocycles. The zero-order valence-corrected chi connectivity index (χ0v) is 11.5. The van der Waals surface area contributed by atoms with E-state index in [4.69, 9.17) is 0 Å². The van der Waals surface area contributed by atoms with Crippen molar-refractivity contribution in [2.75, 3.05) is 11.9 Å². The molecule has 0 aliphatic rings. The molecule has 0 spiro atoms. The van der Waals surface area contributed by atoms with E-state index in [1.54, 1.807) is 0 Å². The van der Waals surface area contributed by atoms with Gasteiger partial charge in [-0.15, -0.1) is 0 Å². The molecule has 0 N–H and O–H groups in total. The van der Waals surface area contributed by atoms with Crippen molar-refractivity contribution in [2.45, 2.75) is 40.2 Å². The van der Waals surface area contributed by atoms with Gasteiger partial charge in [0.15, 0.2) is 11.4 Å². The Morgan fingerprint density at radius 3 is 2.50 bits per heavy atom. The SMILES string of the molecule is Cc1nc(N(C)C(C)CC(C)C)sc1C=O. The lowest BCUT2D eigenvalue weighted by molar-refractivity contribution is 0.112. The predicted molar refractivity (Wildman–Crippen MR) is 69.6 cm³/mol. The monoisotopic (exact) mass is 240 g/mol. The van der Waals surface area contributed by atoms with Crippen molar-refractivity contribution < 1.29 is 4.79 Å². The fourth-order valence-electron chi connectivity index (χ4n) is 1.68. The van der Waals surface area contributed by atoms with Crippen molar-refractivity contribution in [3.63, 3.8) is 0 Å². The molecule has 4 heteroatoms. The van der Waals surface area contributed by atoms with E-state index in [0.29, 0.717) is 12.0 Å². The Kier molecular flexibility index (Phi) is 4.47. The van der Waals surface area contributed by atoms with E-state index in [2.05, 4.69) is 30.7 Å². The lowest BCUT2D eigenvalue weighted by Crippen LogP contribution is -2.29. The largest absolute Gasteiger partial charge is 0.348 e. The molecule has 0 aliphatic carbocycles. The van der Waals surface area contributed by atoms with Crippen LogP contribution in [0.4, 0.5) is 5.13 Å². The van der Waals surface area contributed by atoms with E-state index < -0.39 is 0 Å². The van der Waals surface area contributed by atoms with Gasteiger partial charge in [0, 0.05) is 13.1 Å². The third-order valence-corrected chi connectivity index (χ3v) is 3.88. The van der Waals surface area contributed by atoms with Crippen molar-refractivity contribution in [3.8, 4) is 0 Å². The van der Waals surface area contributed by atoms with Crippen LogP contribution in [0.3, 0.4) is 0 Å². The lowest BCUT2D eigenvalue weighted by atomic mass is 10.0. The first-order valence-electron chi connectivity index (χ1n) is 5.61. The summed E-state index contributed by atoms with van der Waals surface area (Å²) < 4.78 is 0. The molecular formula is C12H20N2OS. The fourth-order valence-corrected chi connectivity index (χ4v) is 2.63. The number of nitrogens with zero attached hydrogens (tertiary/aromatic N) is 2. The second-order valence-electron chi connectivity index (χ2n) is 4.65. The van der Waals surface area contributed by atoms with Crippen molar-refractivity contribution >= 4 is 22.8 Å². The summed E-state index contributed by atoms with van der Waals surface area (Å²) in [4.78, 5) is 18.1. The fraction of sp³-hybridized carbons (Fsp3) is 0.667. The van der Waals surface area contributed by atoms with Gasteiger partial charge in [-0.25, -0.2) is 4.98 Å². The molecule has 1 atom stereocenters. The van der Waals surface area contributed by atoms with E-state index in [-0.39, 0.29) is 0 Å². The van der Waals surface area contributed by atoms with Gasteiger partial charge in [-0.2, -0.15) is 0 Å². The van der Waals surface area contributed by atoms with Gasteiger partial charge in [0.25, 0.3) is 0 Å². The van der Waals surface area contributed by atoms with Gasteiger partial charge in [-0.05, 0) is 26.2 Å². The Morgan fingerprint density at radius 2 is 2.06 bits per heavy atom. The summed E-state index contributed by atoms with van der Waals surface area (Å²) in [5, 5.41) is 0.938. The molecule has 1 heterocycles. The highest BCUT2D eigenvalue weighted by Gasteiger charge is 2.16. The van der Waals surface area contributed by atoms with Crippen LogP contribution >= 0.6 is 11.3 Å². The van der Waals surface area contributed by atoms with Gasteiger partial charge < -0.3 is 4.90 Å². The average molecular weight is 240 g/mol. The van der Waals surface area contributed by atoms with Crippen molar-refractivity contribution in [3.05, 3.63) is 10.6 Å². The lowest BCUT2D eigenvalue weighted by Gasteiger charge is -2.25. The van der Waals surface area contributed by atoms with Crippen molar-refractivity contribution in [1.82, 2.24) is 4.98 Å². The number of aldehydes is 1. The van der Waals surface area contributed by atoms with Crippen LogP contribution in [0.25, 0.3) is 0 Å². The molecule has 90 valence electrons. The van der Waals surface area contributed by atoms with Crippen LogP contribution in [-0.4, -0.2) is 24.4 Å². The number of hydrogen-bond acceptors (Lipinski definition) is 4. The Bertz CT molecular complexity index is 360. The molecule has 16 heavy (non-hydrogen) atoms. The maximum atomic E-state index is 10.8. The zero-order chi connectivity index (χ0) is 12.3. The molecule has 0 saturated carbocycles. The Hall–Kier alpha value is -0.900. The predicted octanol–water partition coefficient (Wildman–Crippen LogP) is 3.13. The second-order valence-corrected chi connectivity index (χ2v) is 5.66. The molecule has 0 amide bonds. The molecule has 0 bridgehead atoms. The van der Waals surface area contributed by atoms with Crippen LogP contribution in [-0.2, 0) is 0 Å². The zero-order valence-electron chi connectivity index (χ0n) is 10.7. The van der Waals surface area contributed by atoms with E-state index in [0.717, 1.165) is 28.4 Å². The van der Waals surface area contributed by atoms with Crippen LogP contribution in [0.15, 0.2) is 0 Å². The Labute approximate surface area is 101 Å². The summed E-state index contributed by atoms with van der Waals surface area (Å²) in [6, 6.07) is 0.449. The smallest absolute Gasteiger partial charge is 0.186 e. The van der Waals surface area contributed by atoms with E-state index in [1.807, 2.05) is 14.0 Å².